The number of benzene rings is 6. The number of carboxylic acids is 1. The Balaban J connectivity index is 0.000000213. The molecule has 2 amide bonds. The molecule has 0 aliphatic carbocycles. The van der Waals surface area contributed by atoms with Crippen molar-refractivity contribution >= 4 is 65.4 Å². The molecule has 2 unspecified atom stereocenters. The zero-order valence-electron chi connectivity index (χ0n) is 50.7. The van der Waals surface area contributed by atoms with E-state index < -0.39 is 93.0 Å². The Morgan fingerprint density at radius 3 is 1.34 bits per heavy atom. The lowest BCUT2D eigenvalue weighted by Crippen LogP contribution is -2.58. The predicted octanol–water partition coefficient (Wildman–Crippen LogP) is 10.5. The summed E-state index contributed by atoms with van der Waals surface area (Å²) in [7, 11) is 0. The van der Waals surface area contributed by atoms with Gasteiger partial charge in [0.25, 0.3) is 23.2 Å². The molecule has 12 rings (SSSR count). The maximum atomic E-state index is 14.4. The topological polar surface area (TPSA) is 325 Å². The van der Waals surface area contributed by atoms with Crippen LogP contribution in [0, 0.1) is 31.1 Å². The van der Waals surface area contributed by atoms with E-state index in [9.17, 15) is 64.0 Å². The maximum Gasteiger partial charge on any atom is 0.513 e. The first-order chi connectivity index (χ1) is 45.7. The van der Waals surface area contributed by atoms with Gasteiger partial charge in [0.05, 0.1) is 51.1 Å². The summed E-state index contributed by atoms with van der Waals surface area (Å²) in [5.41, 5.74) is 1.92. The van der Waals surface area contributed by atoms with E-state index in [1.54, 1.807) is 19.9 Å². The zero-order valence-corrected chi connectivity index (χ0v) is 50.7. The van der Waals surface area contributed by atoms with E-state index in [0.29, 0.717) is 28.8 Å². The number of aromatic nitrogens is 2. The van der Waals surface area contributed by atoms with Gasteiger partial charge in [0.15, 0.2) is 12.2 Å². The fourth-order valence-electron chi connectivity index (χ4n) is 12.2. The minimum absolute atomic E-state index is 0.00716. The molecule has 95 heavy (non-hydrogen) atoms. The van der Waals surface area contributed by atoms with Gasteiger partial charge in [0.1, 0.15) is 30.2 Å². The molecule has 0 bridgehead atoms. The molecule has 0 radical (unpaired) electrons. The number of fused-ring (bicyclic) bond motifs is 2. The van der Waals surface area contributed by atoms with Gasteiger partial charge in [-0.1, -0.05) is 135 Å². The third kappa shape index (κ3) is 13.8. The Bertz CT molecular complexity index is 4250. The number of hydrogen-bond acceptors (Lipinski definition) is 19. The Morgan fingerprint density at radius 1 is 0.558 bits per heavy atom. The van der Waals surface area contributed by atoms with Crippen molar-refractivity contribution < 1.29 is 77.3 Å². The van der Waals surface area contributed by atoms with Gasteiger partial charge in [-0.3, -0.25) is 39.8 Å². The Morgan fingerprint density at radius 2 is 0.937 bits per heavy atom. The fraction of sp³-hybridized carbons (Fsp3) is 0.197. The number of aromatic carboxylic acids is 1. The maximum absolute atomic E-state index is 14.4. The molecule has 2 N–H and O–H groups in total. The van der Waals surface area contributed by atoms with Gasteiger partial charge in [0.2, 0.25) is 0 Å². The highest BCUT2D eigenvalue weighted by molar-refractivity contribution is 6.09. The van der Waals surface area contributed by atoms with Gasteiger partial charge in [-0.25, -0.2) is 24.0 Å². The first-order valence-electron chi connectivity index (χ1n) is 29.7. The summed E-state index contributed by atoms with van der Waals surface area (Å²) in [5, 5.41) is 41.6. The van der Waals surface area contributed by atoms with Gasteiger partial charge >= 0.3 is 30.0 Å². The van der Waals surface area contributed by atoms with Gasteiger partial charge in [0, 0.05) is 58.6 Å². The number of non-ortho nitro benzene ring substituents is 2. The van der Waals surface area contributed by atoms with Crippen molar-refractivity contribution in [3.63, 3.8) is 0 Å². The second-order valence-electron chi connectivity index (χ2n) is 23.4. The molecule has 6 aromatic carbocycles. The van der Waals surface area contributed by atoms with Crippen LogP contribution in [0.1, 0.15) is 93.3 Å². The van der Waals surface area contributed by atoms with E-state index in [4.69, 9.17) is 23.7 Å². The molecule has 480 valence electrons. The van der Waals surface area contributed by atoms with Crippen LogP contribution >= 0.6 is 0 Å². The molecule has 4 aliphatic heterocycles. The van der Waals surface area contributed by atoms with E-state index in [2.05, 4.69) is 9.97 Å². The van der Waals surface area contributed by atoms with Crippen molar-refractivity contribution in [1.82, 2.24) is 19.8 Å². The largest absolute Gasteiger partial charge is 0.513 e. The molecule has 2 aromatic heterocycles. The summed E-state index contributed by atoms with van der Waals surface area (Å²) in [6.45, 7) is 2.77. The normalized spacial score (nSPS) is 20.7. The number of nitro benzene ring substituents is 2. The average Bonchev–Trinajstić information content (AvgIpc) is 1.57. The number of aliphatic hydroxyl groups is 1. The number of carbonyl (C=O) groups is 7. The second kappa shape index (κ2) is 27.4. The highest BCUT2D eigenvalue weighted by atomic mass is 16.7. The van der Waals surface area contributed by atoms with Crippen molar-refractivity contribution in [1.29, 1.82) is 0 Å². The van der Waals surface area contributed by atoms with Crippen molar-refractivity contribution in [3.05, 3.63) is 283 Å². The van der Waals surface area contributed by atoms with Crippen LogP contribution in [0.3, 0.4) is 0 Å². The number of β-lactam (4-membered cyclic amide) rings is 2. The molecule has 6 atom stereocenters. The Labute approximate surface area is 541 Å². The van der Waals surface area contributed by atoms with Crippen LogP contribution in [0.15, 0.2) is 218 Å². The summed E-state index contributed by atoms with van der Waals surface area (Å²) >= 11 is 0. The van der Waals surface area contributed by atoms with Crippen LogP contribution in [-0.4, -0.2) is 119 Å². The van der Waals surface area contributed by atoms with E-state index >= 15 is 0 Å². The van der Waals surface area contributed by atoms with Crippen LogP contribution < -0.4 is 9.47 Å². The summed E-state index contributed by atoms with van der Waals surface area (Å²) in [4.78, 5) is 125. The van der Waals surface area contributed by atoms with Crippen LogP contribution in [-0.2, 0) is 33.4 Å². The number of nitro groups is 2. The standard InChI is InChI=1S/C42H32N4O12.C29H26N2O6/c1-42(25-55-41(50)57-33-18-14-31(15-19-33)46(53)54)24-35-34(23-29-22-28(20-21-43-29)39(48)56-32-16-12-30(13-17-32)45(51)52)38(47)44(35)37(42)40(49)58-36(26-8-4-2-5-9-26)27-10-6-3-7-11-27;1-29(17-32)16-23-22(15-21-14-20(27(34)35)12-13-30-21)26(33)31(23)25(29)28(36)37-24(18-8-4-2-5-9-18)19-10-6-3-7-11-19/h2-23,35-37H,24-25H2,1H3;2-15,23-25,32H,16-17H2,1H3,(H,34,35)/b34-23+;22-15+/t35?,37-,42-;23?,25-,29-/m00/s1. The lowest BCUT2D eigenvalue weighted by Gasteiger charge is -2.41. The summed E-state index contributed by atoms with van der Waals surface area (Å²) < 4.78 is 28.4. The first-order valence-corrected chi connectivity index (χ1v) is 29.7. The monoisotopic (exact) mass is 1280 g/mol. The van der Waals surface area contributed by atoms with Crippen molar-refractivity contribution in [3.8, 4) is 11.5 Å². The predicted molar refractivity (Wildman–Crippen MR) is 338 cm³/mol. The minimum Gasteiger partial charge on any atom is -0.478 e. The lowest BCUT2D eigenvalue weighted by molar-refractivity contribution is -0.385. The van der Waals surface area contributed by atoms with Gasteiger partial charge in [-0.15, -0.1) is 0 Å². The fourth-order valence-corrected chi connectivity index (χ4v) is 12.2. The van der Waals surface area contributed by atoms with E-state index in [1.807, 2.05) is 121 Å². The summed E-state index contributed by atoms with van der Waals surface area (Å²) in [5.74, 6) is -3.97. The molecule has 6 heterocycles. The zero-order chi connectivity index (χ0) is 67.1. The molecule has 4 fully saturated rings. The van der Waals surface area contributed by atoms with Crippen molar-refractivity contribution in [2.75, 3.05) is 13.2 Å². The van der Waals surface area contributed by atoms with Crippen LogP contribution in [0.25, 0.3) is 12.2 Å². The SMILES string of the molecule is C[C@@]1(CO)CC2/C(=C\c3cc(C(=O)O)ccn3)C(=O)N2[C@H]1C(=O)OC(c1ccccc1)c1ccccc1.C[C@@]1(COC(=O)Oc2ccc([N+](=O)[O-])cc2)CC2/C(=C\c3cc(C(=O)Oc4ccc([N+](=O)[O-])cc4)ccn3)C(=O)N2[C@H]1C(=O)OC(c1ccccc1)c1ccccc1. The number of pyridine rings is 2. The average molecular weight is 1280 g/mol. The molecular weight excluding hydrogens is 1220 g/mol. The Hall–Kier alpha value is -12.1. The number of ether oxygens (including phenoxy) is 5. The minimum atomic E-state index is -1.22. The van der Waals surface area contributed by atoms with Crippen LogP contribution in [0.5, 0.6) is 11.5 Å². The van der Waals surface area contributed by atoms with E-state index in [0.717, 1.165) is 11.1 Å². The molecule has 24 heteroatoms. The van der Waals surface area contributed by atoms with Crippen molar-refractivity contribution in [2.45, 2.75) is 63.1 Å². The number of esters is 3. The van der Waals surface area contributed by atoms with Crippen molar-refractivity contribution in [2.24, 2.45) is 10.8 Å². The molecule has 4 saturated heterocycles. The van der Waals surface area contributed by atoms with E-state index in [-0.39, 0.29) is 70.8 Å². The highest BCUT2D eigenvalue weighted by Crippen LogP contribution is 2.52. The van der Waals surface area contributed by atoms with Gasteiger partial charge in [-0.05, 0) is 95.8 Å². The Kier molecular flexibility index (Phi) is 18.6. The number of rotatable bonds is 19. The molecule has 24 nitrogen and oxygen atoms in total. The lowest BCUT2D eigenvalue weighted by atomic mass is 9.81. The van der Waals surface area contributed by atoms with Gasteiger partial charge in [-0.2, -0.15) is 0 Å². The molecule has 8 aromatic rings. The third-order valence-corrected chi connectivity index (χ3v) is 16.9. The third-order valence-electron chi connectivity index (χ3n) is 16.9. The number of carbonyl (C=O) groups excluding carboxylic acids is 6. The highest BCUT2D eigenvalue weighted by Gasteiger charge is 2.64. The van der Waals surface area contributed by atoms with Crippen LogP contribution in [0.2, 0.25) is 0 Å². The number of hydrogen-bond donors (Lipinski definition) is 2. The smallest absolute Gasteiger partial charge is 0.478 e. The number of carboxylic acid groups (broad SMARTS) is 1. The molecule has 0 spiro atoms. The first kappa shape index (κ1) is 64.5. The second-order valence-corrected chi connectivity index (χ2v) is 23.4. The van der Waals surface area contributed by atoms with Gasteiger partial charge < -0.3 is 43.7 Å². The number of amides is 2. The number of aliphatic hydroxyl groups excluding tert-OH is 1. The molecule has 4 aliphatic rings. The molecular formula is C71H58N6O18. The van der Waals surface area contributed by atoms with Crippen LogP contribution in [0.4, 0.5) is 16.2 Å². The molecule has 0 saturated carbocycles. The van der Waals surface area contributed by atoms with E-state index in [1.165, 1.54) is 101 Å². The quantitative estimate of drug-likeness (QED) is 0.0111. The number of nitrogens with zero attached hydrogens (tertiary/aromatic N) is 6. The summed E-state index contributed by atoms with van der Waals surface area (Å²) in [6, 6.07) is 49.1. The summed E-state index contributed by atoms with van der Waals surface area (Å²) in [6.07, 6.45) is 3.65.